The van der Waals surface area contributed by atoms with Crippen molar-refractivity contribution in [3.05, 3.63) is 29.3 Å². The smallest absolute Gasteiger partial charge is 0.191 e. The Morgan fingerprint density at radius 1 is 1.31 bits per heavy atom. The number of rotatable bonds is 7. The number of thioether (sulfide) groups is 1. The van der Waals surface area contributed by atoms with E-state index in [4.69, 9.17) is 9.73 Å². The third kappa shape index (κ3) is 6.90. The van der Waals surface area contributed by atoms with Gasteiger partial charge in [-0.3, -0.25) is 0 Å². The molecule has 0 bridgehead atoms. The van der Waals surface area contributed by atoms with Gasteiger partial charge in [0.15, 0.2) is 5.96 Å². The van der Waals surface area contributed by atoms with Crippen molar-refractivity contribution in [2.24, 2.45) is 10.4 Å². The van der Waals surface area contributed by atoms with Crippen LogP contribution < -0.4 is 10.6 Å². The summed E-state index contributed by atoms with van der Waals surface area (Å²) in [7, 11) is 0. The molecule has 0 amide bonds. The van der Waals surface area contributed by atoms with Crippen molar-refractivity contribution < 1.29 is 9.84 Å². The monoisotopic (exact) mass is 493 g/mol. The van der Waals surface area contributed by atoms with E-state index in [9.17, 15) is 5.11 Å². The number of aliphatic hydroxyl groups is 1. The molecular weight excluding hydrogens is 461 g/mol. The molecule has 0 unspecified atom stereocenters. The van der Waals surface area contributed by atoms with Crippen molar-refractivity contribution in [2.45, 2.75) is 38.1 Å². The van der Waals surface area contributed by atoms with Gasteiger partial charge in [-0.2, -0.15) is 0 Å². The Bertz CT molecular complexity index is 578. The van der Waals surface area contributed by atoms with Crippen molar-refractivity contribution >= 4 is 41.7 Å². The van der Waals surface area contributed by atoms with E-state index < -0.39 is 0 Å². The lowest BCUT2D eigenvalue weighted by Crippen LogP contribution is -2.47. The van der Waals surface area contributed by atoms with Gasteiger partial charge in [-0.1, -0.05) is 12.1 Å². The zero-order valence-corrected chi connectivity index (χ0v) is 19.2. The van der Waals surface area contributed by atoms with E-state index in [0.717, 1.165) is 38.6 Å². The van der Waals surface area contributed by atoms with Gasteiger partial charge >= 0.3 is 0 Å². The molecule has 2 rings (SSSR count). The number of guanidine groups is 1. The lowest BCUT2D eigenvalue weighted by molar-refractivity contribution is -0.0131. The average molecular weight is 493 g/mol. The minimum Gasteiger partial charge on any atom is -0.396 e. The maximum absolute atomic E-state index is 9.83. The molecule has 1 aliphatic rings. The summed E-state index contributed by atoms with van der Waals surface area (Å²) in [5.41, 5.74) is 2.40. The van der Waals surface area contributed by atoms with Crippen LogP contribution in [0.25, 0.3) is 0 Å². The largest absolute Gasteiger partial charge is 0.396 e. The van der Waals surface area contributed by atoms with E-state index in [1.165, 1.54) is 16.0 Å². The number of aryl methyl sites for hydroxylation is 1. The molecule has 148 valence electrons. The second-order valence-electron chi connectivity index (χ2n) is 6.63. The fourth-order valence-electron chi connectivity index (χ4n) is 2.95. The van der Waals surface area contributed by atoms with Crippen LogP contribution in [0.1, 0.15) is 30.9 Å². The summed E-state index contributed by atoms with van der Waals surface area (Å²) >= 11 is 1.76. The van der Waals surface area contributed by atoms with Crippen molar-refractivity contribution in [2.75, 3.05) is 39.2 Å². The molecular formula is C19H32IN3O2S. The molecule has 3 N–H and O–H groups in total. The van der Waals surface area contributed by atoms with Gasteiger partial charge in [0, 0.05) is 36.6 Å². The van der Waals surface area contributed by atoms with Crippen molar-refractivity contribution in [3.63, 3.8) is 0 Å². The molecule has 1 heterocycles. The molecule has 1 saturated heterocycles. The molecule has 0 saturated carbocycles. The normalized spacial score (nSPS) is 16.7. The van der Waals surface area contributed by atoms with Crippen LogP contribution in [0.2, 0.25) is 0 Å². The third-order valence-electron chi connectivity index (χ3n) is 4.71. The molecule has 0 atom stereocenters. The fourth-order valence-corrected chi connectivity index (χ4v) is 3.65. The first-order chi connectivity index (χ1) is 12.1. The lowest BCUT2D eigenvalue weighted by atomic mass is 9.81. The molecule has 1 fully saturated rings. The van der Waals surface area contributed by atoms with E-state index in [1.54, 1.807) is 11.8 Å². The number of nitrogens with one attached hydrogen (secondary N) is 2. The zero-order chi connectivity index (χ0) is 18.1. The van der Waals surface area contributed by atoms with Crippen molar-refractivity contribution in [1.82, 2.24) is 10.6 Å². The number of halogens is 1. The number of nitrogens with zero attached hydrogens (tertiary/aromatic N) is 1. The predicted molar refractivity (Wildman–Crippen MR) is 121 cm³/mol. The molecule has 1 aliphatic heterocycles. The van der Waals surface area contributed by atoms with Gasteiger partial charge in [-0.15, -0.1) is 35.7 Å². The molecule has 7 heteroatoms. The minimum absolute atomic E-state index is 0. The third-order valence-corrected chi connectivity index (χ3v) is 5.53. The summed E-state index contributed by atoms with van der Waals surface area (Å²) in [4.78, 5) is 6.01. The Morgan fingerprint density at radius 2 is 2.04 bits per heavy atom. The van der Waals surface area contributed by atoms with E-state index >= 15 is 0 Å². The van der Waals surface area contributed by atoms with Gasteiger partial charge in [0.2, 0.25) is 0 Å². The Balaban J connectivity index is 0.00000338. The highest BCUT2D eigenvalue weighted by atomic mass is 127. The Labute approximate surface area is 178 Å². The summed E-state index contributed by atoms with van der Waals surface area (Å²) in [5.74, 6) is 0.800. The Kier molecular flexibility index (Phi) is 10.9. The number of benzene rings is 1. The van der Waals surface area contributed by atoms with Crippen LogP contribution >= 0.6 is 35.7 Å². The summed E-state index contributed by atoms with van der Waals surface area (Å²) in [6.45, 7) is 7.95. The zero-order valence-electron chi connectivity index (χ0n) is 16.0. The number of aliphatic imine (C=N–C) groups is 1. The van der Waals surface area contributed by atoms with E-state index in [0.29, 0.717) is 13.1 Å². The van der Waals surface area contributed by atoms with Crippen molar-refractivity contribution in [1.29, 1.82) is 0 Å². The van der Waals surface area contributed by atoms with Gasteiger partial charge in [-0.05, 0) is 50.1 Å². The van der Waals surface area contributed by atoms with Crippen LogP contribution in [0.3, 0.4) is 0 Å². The van der Waals surface area contributed by atoms with Crippen LogP contribution in [0.15, 0.2) is 28.1 Å². The Morgan fingerprint density at radius 3 is 2.65 bits per heavy atom. The minimum atomic E-state index is -0.108. The summed E-state index contributed by atoms with van der Waals surface area (Å²) in [5, 5.41) is 16.5. The average Bonchev–Trinajstić information content (AvgIpc) is 2.65. The van der Waals surface area contributed by atoms with Crippen LogP contribution in [-0.2, 0) is 11.3 Å². The van der Waals surface area contributed by atoms with Gasteiger partial charge in [0.25, 0.3) is 0 Å². The maximum Gasteiger partial charge on any atom is 0.191 e. The molecule has 5 nitrogen and oxygen atoms in total. The summed E-state index contributed by atoms with van der Waals surface area (Å²) in [6.07, 6.45) is 3.86. The first kappa shape index (κ1) is 23.5. The van der Waals surface area contributed by atoms with Gasteiger partial charge in [-0.25, -0.2) is 4.99 Å². The standard InChI is InChI=1S/C19H31N3O2S.HI/c1-4-20-18(22-13-19(14-23)7-9-24-10-8-19)21-12-16-6-5-15(2)11-17(16)25-3;/h5-6,11,23H,4,7-10,12-14H2,1-3H3,(H2,20,21,22);1H. The molecule has 1 aromatic carbocycles. The highest BCUT2D eigenvalue weighted by molar-refractivity contribution is 14.0. The highest BCUT2D eigenvalue weighted by Crippen LogP contribution is 2.29. The van der Waals surface area contributed by atoms with E-state index in [2.05, 4.69) is 48.9 Å². The van der Waals surface area contributed by atoms with Gasteiger partial charge in [0.1, 0.15) is 0 Å². The van der Waals surface area contributed by atoms with E-state index in [1.807, 2.05) is 0 Å². The predicted octanol–water partition coefficient (Wildman–Crippen LogP) is 3.18. The SMILES string of the molecule is CCNC(=NCc1ccc(C)cc1SC)NCC1(CO)CCOCC1.I. The van der Waals surface area contributed by atoms with Gasteiger partial charge < -0.3 is 20.5 Å². The lowest BCUT2D eigenvalue weighted by Gasteiger charge is -2.36. The second kappa shape index (κ2) is 12.0. The maximum atomic E-state index is 9.83. The number of hydrogen-bond acceptors (Lipinski definition) is 4. The quantitative estimate of drug-likeness (QED) is 0.236. The molecule has 0 aliphatic carbocycles. The van der Waals surface area contributed by atoms with Crippen LogP contribution in [0, 0.1) is 12.3 Å². The van der Waals surface area contributed by atoms with Crippen LogP contribution in [-0.4, -0.2) is 50.2 Å². The first-order valence-electron chi connectivity index (χ1n) is 8.97. The number of ether oxygens (including phenoxy) is 1. The number of hydrogen-bond donors (Lipinski definition) is 3. The van der Waals surface area contributed by atoms with Crippen LogP contribution in [0.5, 0.6) is 0 Å². The number of aliphatic hydroxyl groups excluding tert-OH is 1. The molecule has 1 aromatic rings. The molecule has 0 aromatic heterocycles. The highest BCUT2D eigenvalue weighted by Gasteiger charge is 2.32. The molecule has 0 spiro atoms. The molecule has 26 heavy (non-hydrogen) atoms. The van der Waals surface area contributed by atoms with E-state index in [-0.39, 0.29) is 36.0 Å². The Hall–Kier alpha value is -0.510. The summed E-state index contributed by atoms with van der Waals surface area (Å²) < 4.78 is 5.43. The topological polar surface area (TPSA) is 65.9 Å². The first-order valence-corrected chi connectivity index (χ1v) is 10.2. The second-order valence-corrected chi connectivity index (χ2v) is 7.48. The summed E-state index contributed by atoms with van der Waals surface area (Å²) in [6, 6.07) is 6.49. The van der Waals surface area contributed by atoms with Crippen molar-refractivity contribution in [3.8, 4) is 0 Å². The van der Waals surface area contributed by atoms with Gasteiger partial charge in [0.05, 0.1) is 13.2 Å². The fraction of sp³-hybridized carbons (Fsp3) is 0.632. The molecule has 0 radical (unpaired) electrons. The van der Waals surface area contributed by atoms with Crippen LogP contribution in [0.4, 0.5) is 0 Å².